The molecule has 6 heteroatoms. The van der Waals surface area contributed by atoms with Crippen LogP contribution in [0.4, 0.5) is 0 Å². The maximum Gasteiger partial charge on any atom is 0.282 e. The highest BCUT2D eigenvalue weighted by atomic mass is 35.5. The fourth-order valence-corrected chi connectivity index (χ4v) is 3.53. The zero-order valence-corrected chi connectivity index (χ0v) is 16.9. The van der Waals surface area contributed by atoms with Gasteiger partial charge in [-0.1, -0.05) is 35.7 Å². The molecular formula is C25H14ClN3O2. The van der Waals surface area contributed by atoms with Crippen molar-refractivity contribution in [1.29, 1.82) is 0 Å². The first kappa shape index (κ1) is 18.9. The summed E-state index contributed by atoms with van der Waals surface area (Å²) < 4.78 is 7.53. The molecule has 31 heavy (non-hydrogen) atoms. The summed E-state index contributed by atoms with van der Waals surface area (Å²) in [6, 6.07) is 20.1. The molecule has 0 aliphatic rings. The van der Waals surface area contributed by atoms with Crippen LogP contribution in [0.15, 0.2) is 88.3 Å². The van der Waals surface area contributed by atoms with Crippen LogP contribution in [-0.4, -0.2) is 14.5 Å². The van der Waals surface area contributed by atoms with Crippen molar-refractivity contribution in [1.82, 2.24) is 14.5 Å². The molecule has 5 rings (SSSR count). The molecule has 0 amide bonds. The van der Waals surface area contributed by atoms with E-state index in [0.29, 0.717) is 33.4 Å². The van der Waals surface area contributed by atoms with Gasteiger partial charge in [0.05, 0.1) is 5.56 Å². The second-order valence-electron chi connectivity index (χ2n) is 6.81. The van der Waals surface area contributed by atoms with Crippen LogP contribution in [0.5, 0.6) is 0 Å². The van der Waals surface area contributed by atoms with Crippen LogP contribution >= 0.6 is 11.6 Å². The van der Waals surface area contributed by atoms with E-state index < -0.39 is 0 Å². The van der Waals surface area contributed by atoms with Gasteiger partial charge in [0.1, 0.15) is 5.52 Å². The monoisotopic (exact) mass is 423 g/mol. The van der Waals surface area contributed by atoms with Gasteiger partial charge in [-0.2, -0.15) is 4.98 Å². The van der Waals surface area contributed by atoms with E-state index in [9.17, 15) is 4.79 Å². The van der Waals surface area contributed by atoms with Crippen molar-refractivity contribution in [3.63, 3.8) is 0 Å². The second kappa shape index (κ2) is 7.60. The molecule has 0 saturated heterocycles. The summed E-state index contributed by atoms with van der Waals surface area (Å²) in [5, 5.41) is 1.21. The lowest BCUT2D eigenvalue weighted by molar-refractivity contribution is 0.588. The van der Waals surface area contributed by atoms with Crippen LogP contribution in [0.1, 0.15) is 5.56 Å². The van der Waals surface area contributed by atoms with Crippen LogP contribution in [0.2, 0.25) is 5.02 Å². The number of pyridine rings is 2. The minimum absolute atomic E-state index is 0.268. The Morgan fingerprint density at radius 1 is 0.968 bits per heavy atom. The fraction of sp³-hybridized carbons (Fsp3) is 0. The highest BCUT2D eigenvalue weighted by molar-refractivity contribution is 6.30. The molecule has 0 bridgehead atoms. The van der Waals surface area contributed by atoms with E-state index in [1.807, 2.05) is 42.5 Å². The number of oxazole rings is 1. The summed E-state index contributed by atoms with van der Waals surface area (Å²) in [7, 11) is 0. The maximum atomic E-state index is 13.3. The SMILES string of the molecule is C#Cc1cn(-c2nc(-c3ccccc3)oc2-c2ccc(Cl)cc2)c(=O)c2ncccc12. The average molecular weight is 424 g/mol. The third-order valence-electron chi connectivity index (χ3n) is 4.90. The summed E-state index contributed by atoms with van der Waals surface area (Å²) >= 11 is 6.06. The third kappa shape index (κ3) is 3.29. The van der Waals surface area contributed by atoms with E-state index in [1.165, 1.54) is 4.57 Å². The van der Waals surface area contributed by atoms with E-state index in [2.05, 4.69) is 15.9 Å². The average Bonchev–Trinajstić information content (AvgIpc) is 3.26. The van der Waals surface area contributed by atoms with Crippen LogP contribution in [-0.2, 0) is 0 Å². The van der Waals surface area contributed by atoms with Crippen molar-refractivity contribution < 1.29 is 4.42 Å². The number of rotatable bonds is 3. The molecule has 0 atom stereocenters. The lowest BCUT2D eigenvalue weighted by atomic mass is 10.1. The van der Waals surface area contributed by atoms with Crippen molar-refractivity contribution in [2.24, 2.45) is 0 Å². The zero-order valence-electron chi connectivity index (χ0n) is 16.1. The summed E-state index contributed by atoms with van der Waals surface area (Å²) in [5.41, 5.74) is 1.98. The van der Waals surface area contributed by atoms with Crippen molar-refractivity contribution in [2.45, 2.75) is 0 Å². The van der Waals surface area contributed by atoms with Gasteiger partial charge in [-0.3, -0.25) is 14.3 Å². The molecule has 3 heterocycles. The summed E-state index contributed by atoms with van der Waals surface area (Å²) in [6.45, 7) is 0. The highest BCUT2D eigenvalue weighted by Gasteiger charge is 2.21. The van der Waals surface area contributed by atoms with Crippen LogP contribution in [0, 0.1) is 12.3 Å². The number of fused-ring (bicyclic) bond motifs is 1. The van der Waals surface area contributed by atoms with Crippen LogP contribution in [0.25, 0.3) is 39.5 Å². The number of hydrogen-bond donors (Lipinski definition) is 0. The number of hydrogen-bond acceptors (Lipinski definition) is 4. The molecule has 2 aromatic carbocycles. The first-order valence-corrected chi connectivity index (χ1v) is 9.83. The molecule has 0 spiro atoms. The molecule has 5 nitrogen and oxygen atoms in total. The predicted octanol–water partition coefficient (Wildman–Crippen LogP) is 5.34. The molecule has 3 aromatic heterocycles. The van der Waals surface area contributed by atoms with Gasteiger partial charge in [-0.05, 0) is 48.5 Å². The Bertz CT molecular complexity index is 1510. The second-order valence-corrected chi connectivity index (χ2v) is 7.24. The number of nitrogens with zero attached hydrogens (tertiary/aromatic N) is 3. The quantitative estimate of drug-likeness (QED) is 0.367. The molecule has 0 N–H and O–H groups in total. The molecule has 0 radical (unpaired) electrons. The Labute approximate surface area is 182 Å². The van der Waals surface area contributed by atoms with Gasteiger partial charge in [0, 0.05) is 33.9 Å². The summed E-state index contributed by atoms with van der Waals surface area (Å²) in [4.78, 5) is 22.2. The molecular weight excluding hydrogens is 410 g/mol. The zero-order chi connectivity index (χ0) is 21.4. The van der Waals surface area contributed by atoms with E-state index >= 15 is 0 Å². The molecule has 0 fully saturated rings. The van der Waals surface area contributed by atoms with Gasteiger partial charge in [0.25, 0.3) is 5.56 Å². The van der Waals surface area contributed by atoms with Crippen LogP contribution in [0.3, 0.4) is 0 Å². The van der Waals surface area contributed by atoms with E-state index in [4.69, 9.17) is 22.4 Å². The molecule has 0 saturated carbocycles. The largest absolute Gasteiger partial charge is 0.434 e. The number of halogens is 1. The number of terminal acetylenes is 1. The maximum absolute atomic E-state index is 13.3. The van der Waals surface area contributed by atoms with Crippen molar-refractivity contribution >= 4 is 22.5 Å². The minimum atomic E-state index is -0.335. The highest BCUT2D eigenvalue weighted by Crippen LogP contribution is 2.32. The smallest absolute Gasteiger partial charge is 0.282 e. The topological polar surface area (TPSA) is 60.9 Å². The van der Waals surface area contributed by atoms with E-state index in [0.717, 1.165) is 11.1 Å². The molecule has 5 aromatic rings. The van der Waals surface area contributed by atoms with Crippen molar-refractivity contribution in [2.75, 3.05) is 0 Å². The Balaban J connectivity index is 1.82. The summed E-state index contributed by atoms with van der Waals surface area (Å²) in [6.07, 6.45) is 8.88. The predicted molar refractivity (Wildman–Crippen MR) is 121 cm³/mol. The normalized spacial score (nSPS) is 10.8. The molecule has 0 aliphatic carbocycles. The Hall–Kier alpha value is -4.14. The van der Waals surface area contributed by atoms with Crippen LogP contribution < -0.4 is 5.56 Å². The first-order valence-electron chi connectivity index (χ1n) is 9.45. The van der Waals surface area contributed by atoms with Crippen molar-refractivity contribution in [3.8, 4) is 40.9 Å². The Kier molecular flexibility index (Phi) is 4.62. The van der Waals surface area contributed by atoms with E-state index in [-0.39, 0.29) is 11.1 Å². The molecule has 0 unspecified atom stereocenters. The minimum Gasteiger partial charge on any atom is -0.434 e. The van der Waals surface area contributed by atoms with Gasteiger partial charge >= 0.3 is 0 Å². The van der Waals surface area contributed by atoms with Crippen molar-refractivity contribution in [3.05, 3.63) is 100 Å². The van der Waals surface area contributed by atoms with Gasteiger partial charge in [-0.15, -0.1) is 6.42 Å². The molecule has 148 valence electrons. The van der Waals surface area contributed by atoms with Gasteiger partial charge in [-0.25, -0.2) is 0 Å². The Morgan fingerprint density at radius 2 is 1.74 bits per heavy atom. The molecule has 0 aliphatic heterocycles. The number of benzene rings is 2. The van der Waals surface area contributed by atoms with Gasteiger partial charge < -0.3 is 4.42 Å². The summed E-state index contributed by atoms with van der Waals surface area (Å²) in [5.74, 6) is 3.78. The number of aromatic nitrogens is 3. The van der Waals surface area contributed by atoms with Gasteiger partial charge in [0.2, 0.25) is 5.89 Å². The first-order chi connectivity index (χ1) is 15.2. The third-order valence-corrected chi connectivity index (χ3v) is 5.15. The fourth-order valence-electron chi connectivity index (χ4n) is 3.41. The van der Waals surface area contributed by atoms with E-state index in [1.54, 1.807) is 36.7 Å². The van der Waals surface area contributed by atoms with Gasteiger partial charge in [0.15, 0.2) is 11.6 Å². The standard InChI is InChI=1S/C25H14ClN3O2/c1-2-16-15-29(25(30)21-20(16)9-6-14-27-21)23-22(17-10-12-19(26)13-11-17)31-24(28-23)18-7-4-3-5-8-18/h1,3-15H. The Morgan fingerprint density at radius 3 is 2.48 bits per heavy atom. The lowest BCUT2D eigenvalue weighted by Crippen LogP contribution is -2.20. The lowest BCUT2D eigenvalue weighted by Gasteiger charge is -2.08.